The number of rotatable bonds is 5. The van der Waals surface area contributed by atoms with Crippen molar-refractivity contribution in [1.82, 2.24) is 0 Å². The molecule has 0 aromatic heterocycles. The van der Waals surface area contributed by atoms with E-state index in [0.717, 1.165) is 16.7 Å². The maximum Gasteiger partial charge on any atom is -0.0181 e. The summed E-state index contributed by atoms with van der Waals surface area (Å²) in [6.45, 7) is 2.33. The third-order valence-corrected chi connectivity index (χ3v) is 7.43. The summed E-state index contributed by atoms with van der Waals surface area (Å²) in [5, 5.41) is 0. The number of fused-ring (bicyclic) bond motifs is 1. The van der Waals surface area contributed by atoms with Crippen molar-refractivity contribution in [3.63, 3.8) is 0 Å². The lowest BCUT2D eigenvalue weighted by Crippen LogP contribution is -2.67. The maximum atomic E-state index is 2.33. The van der Waals surface area contributed by atoms with Crippen LogP contribution < -0.4 is 0 Å². The second kappa shape index (κ2) is 3.52. The van der Waals surface area contributed by atoms with Crippen LogP contribution in [0.3, 0.4) is 0 Å². The van der Waals surface area contributed by atoms with Crippen LogP contribution in [0.25, 0.3) is 0 Å². The van der Waals surface area contributed by atoms with Crippen LogP contribution in [0, 0.1) is 28.6 Å². The summed E-state index contributed by atoms with van der Waals surface area (Å²) in [6.07, 6.45) is 17.3. The first kappa shape index (κ1) is 10.9. The van der Waals surface area contributed by atoms with Gasteiger partial charge in [-0.15, -0.1) is 0 Å². The molecular weight excluding hydrogens is 204 g/mol. The molecule has 0 amide bonds. The van der Waals surface area contributed by atoms with Crippen molar-refractivity contribution in [2.24, 2.45) is 28.6 Å². The highest BCUT2D eigenvalue weighted by Gasteiger charge is 2.76. The highest BCUT2D eigenvalue weighted by Crippen LogP contribution is 2.84. The number of hydrogen-bond donors (Lipinski definition) is 0. The molecule has 17 heavy (non-hydrogen) atoms. The molecule has 2 bridgehead atoms. The Kier molecular flexibility index (Phi) is 2.25. The van der Waals surface area contributed by atoms with Crippen molar-refractivity contribution < 1.29 is 0 Å². The average Bonchev–Trinajstić information content (AvgIpc) is 2.69. The van der Waals surface area contributed by atoms with Crippen LogP contribution in [-0.2, 0) is 0 Å². The molecule has 0 heteroatoms. The molecule has 0 aliphatic heterocycles. The molecule has 1 spiro atoms. The van der Waals surface area contributed by atoms with Gasteiger partial charge in [-0.05, 0) is 73.5 Å². The molecule has 96 valence electrons. The monoisotopic (exact) mass is 232 g/mol. The first-order chi connectivity index (χ1) is 8.31. The van der Waals surface area contributed by atoms with Crippen molar-refractivity contribution in [1.29, 1.82) is 0 Å². The summed E-state index contributed by atoms with van der Waals surface area (Å²) >= 11 is 0. The largest absolute Gasteiger partial charge is 0.0654 e. The molecule has 0 radical (unpaired) electrons. The van der Waals surface area contributed by atoms with E-state index in [1.807, 2.05) is 0 Å². The van der Waals surface area contributed by atoms with Crippen LogP contribution in [0.1, 0.15) is 77.6 Å². The van der Waals surface area contributed by atoms with Gasteiger partial charge in [0.25, 0.3) is 0 Å². The Morgan fingerprint density at radius 1 is 1.00 bits per heavy atom. The van der Waals surface area contributed by atoms with E-state index >= 15 is 0 Å². The van der Waals surface area contributed by atoms with E-state index in [4.69, 9.17) is 0 Å². The molecule has 5 atom stereocenters. The second-order valence-corrected chi connectivity index (χ2v) is 7.81. The Morgan fingerprint density at radius 2 is 1.94 bits per heavy atom. The Balaban J connectivity index is 1.47. The molecule has 0 heterocycles. The maximum absolute atomic E-state index is 2.33. The van der Waals surface area contributed by atoms with Crippen molar-refractivity contribution >= 4 is 0 Å². The van der Waals surface area contributed by atoms with E-state index in [1.165, 1.54) is 31.1 Å². The third kappa shape index (κ3) is 1.16. The van der Waals surface area contributed by atoms with Crippen molar-refractivity contribution in [2.45, 2.75) is 77.6 Å². The first-order valence-electron chi connectivity index (χ1n) is 8.31. The molecule has 0 aromatic carbocycles. The summed E-state index contributed by atoms with van der Waals surface area (Å²) in [7, 11) is 0. The van der Waals surface area contributed by atoms with E-state index in [9.17, 15) is 0 Å². The first-order valence-corrected chi connectivity index (χ1v) is 8.31. The van der Waals surface area contributed by atoms with Gasteiger partial charge in [-0.2, -0.15) is 0 Å². The van der Waals surface area contributed by atoms with E-state index in [1.54, 1.807) is 51.4 Å². The Bertz CT molecular complexity index is 320. The minimum absolute atomic E-state index is 0.876. The summed E-state index contributed by atoms with van der Waals surface area (Å²) in [5.41, 5.74) is 1.81. The van der Waals surface area contributed by atoms with Crippen LogP contribution in [0.2, 0.25) is 0 Å². The summed E-state index contributed by atoms with van der Waals surface area (Å²) in [6, 6.07) is 0. The number of hydrogen-bond acceptors (Lipinski definition) is 0. The van der Waals surface area contributed by atoms with Crippen LogP contribution in [0.15, 0.2) is 0 Å². The molecule has 0 saturated heterocycles. The Hall–Kier alpha value is 0. The molecule has 0 N–H and O–H groups in total. The van der Waals surface area contributed by atoms with Crippen molar-refractivity contribution in [3.8, 4) is 0 Å². The van der Waals surface area contributed by atoms with E-state index in [0.29, 0.717) is 0 Å². The van der Waals surface area contributed by atoms with Crippen LogP contribution in [-0.4, -0.2) is 0 Å². The normalized spacial score (nSPS) is 53.8. The second-order valence-electron chi connectivity index (χ2n) is 7.81. The fraction of sp³-hybridized carbons (Fsp3) is 1.00. The summed E-state index contributed by atoms with van der Waals surface area (Å²) in [4.78, 5) is 0. The highest BCUT2D eigenvalue weighted by atomic mass is 14.8. The van der Waals surface area contributed by atoms with E-state index in [2.05, 4.69) is 6.92 Å². The van der Waals surface area contributed by atoms with Gasteiger partial charge in [0.05, 0.1) is 0 Å². The zero-order chi connectivity index (χ0) is 11.5. The topological polar surface area (TPSA) is 0 Å². The highest BCUT2D eigenvalue weighted by molar-refractivity contribution is 5.25. The van der Waals surface area contributed by atoms with Gasteiger partial charge < -0.3 is 0 Å². The standard InChI is InChI=1S/C17H28/c1-2-3-4-5-7-16-8-6-13-9-14-10-15(12-16)17(14,16)11-13/h13-15H,2-12H2,1H3. The van der Waals surface area contributed by atoms with Crippen LogP contribution >= 0.6 is 0 Å². The van der Waals surface area contributed by atoms with Crippen LogP contribution in [0.5, 0.6) is 0 Å². The van der Waals surface area contributed by atoms with E-state index < -0.39 is 0 Å². The molecule has 4 saturated carbocycles. The fourth-order valence-corrected chi connectivity index (χ4v) is 6.80. The minimum Gasteiger partial charge on any atom is -0.0654 e. The SMILES string of the molecule is CCCCCCC12CCC3CC4CC(C1)C42C3. The molecule has 4 aliphatic carbocycles. The Labute approximate surface area is 107 Å². The van der Waals surface area contributed by atoms with Gasteiger partial charge in [-0.25, -0.2) is 0 Å². The van der Waals surface area contributed by atoms with Gasteiger partial charge in [0.1, 0.15) is 0 Å². The zero-order valence-electron chi connectivity index (χ0n) is 11.5. The van der Waals surface area contributed by atoms with Gasteiger partial charge in [0.2, 0.25) is 0 Å². The molecule has 0 aromatic rings. The van der Waals surface area contributed by atoms with Gasteiger partial charge in [0, 0.05) is 0 Å². The van der Waals surface area contributed by atoms with Gasteiger partial charge in [-0.1, -0.05) is 32.6 Å². The van der Waals surface area contributed by atoms with Gasteiger partial charge in [0.15, 0.2) is 0 Å². The lowest BCUT2D eigenvalue weighted by Gasteiger charge is -2.75. The van der Waals surface area contributed by atoms with Gasteiger partial charge in [-0.3, -0.25) is 0 Å². The fourth-order valence-electron chi connectivity index (χ4n) is 6.80. The molecule has 4 fully saturated rings. The Morgan fingerprint density at radius 3 is 2.76 bits per heavy atom. The molecule has 4 rings (SSSR count). The molecule has 0 nitrogen and oxygen atoms in total. The van der Waals surface area contributed by atoms with Crippen molar-refractivity contribution in [3.05, 3.63) is 0 Å². The number of unbranched alkanes of at least 4 members (excludes halogenated alkanes) is 3. The predicted molar refractivity (Wildman–Crippen MR) is 71.8 cm³/mol. The predicted octanol–water partition coefficient (Wildman–Crippen LogP) is 5.17. The van der Waals surface area contributed by atoms with E-state index in [-0.39, 0.29) is 0 Å². The smallest absolute Gasteiger partial charge is 0.0181 e. The average molecular weight is 232 g/mol. The molecular formula is C17H28. The summed E-state index contributed by atoms with van der Waals surface area (Å²) in [5.74, 6) is 3.55. The lowest BCUT2D eigenvalue weighted by atomic mass is 9.29. The van der Waals surface area contributed by atoms with Crippen molar-refractivity contribution in [2.75, 3.05) is 0 Å². The molecule has 4 aliphatic rings. The van der Waals surface area contributed by atoms with Gasteiger partial charge >= 0.3 is 0 Å². The lowest BCUT2D eigenvalue weighted by molar-refractivity contribution is -0.263. The van der Waals surface area contributed by atoms with Crippen LogP contribution in [0.4, 0.5) is 0 Å². The third-order valence-electron chi connectivity index (χ3n) is 7.43. The summed E-state index contributed by atoms with van der Waals surface area (Å²) < 4.78 is 0. The molecule has 5 unspecified atom stereocenters. The minimum atomic E-state index is 0.876. The quantitative estimate of drug-likeness (QED) is 0.573. The zero-order valence-corrected chi connectivity index (χ0v) is 11.5.